The van der Waals surface area contributed by atoms with Crippen LogP contribution >= 0.6 is 11.6 Å². The van der Waals surface area contributed by atoms with Crippen molar-refractivity contribution in [2.75, 3.05) is 0 Å². The Hall–Kier alpha value is -2.31. The van der Waals surface area contributed by atoms with E-state index in [9.17, 15) is 0 Å². The van der Waals surface area contributed by atoms with Gasteiger partial charge in [0.25, 0.3) is 0 Å². The summed E-state index contributed by atoms with van der Waals surface area (Å²) in [6.07, 6.45) is 8.45. The molecule has 5 aliphatic carbocycles. The van der Waals surface area contributed by atoms with Gasteiger partial charge in [0.2, 0.25) is 0 Å². The summed E-state index contributed by atoms with van der Waals surface area (Å²) >= 11 is 6.57. The van der Waals surface area contributed by atoms with Crippen molar-refractivity contribution in [1.82, 2.24) is 0 Å². The zero-order valence-electron chi connectivity index (χ0n) is 16.9. The minimum atomic E-state index is 0.108. The van der Waals surface area contributed by atoms with Gasteiger partial charge < -0.3 is 0 Å². The minimum absolute atomic E-state index is 0.108. The van der Waals surface area contributed by atoms with Gasteiger partial charge in [-0.1, -0.05) is 77.8 Å². The zero-order valence-corrected chi connectivity index (χ0v) is 17.6. The number of allylic oxidation sites excluding steroid dienone is 2. The molecular formula is C29H23Cl. The number of benzene rings is 3. The molecule has 8 rings (SSSR count). The van der Waals surface area contributed by atoms with Crippen LogP contribution in [0.2, 0.25) is 5.02 Å². The van der Waals surface area contributed by atoms with Gasteiger partial charge in [0.1, 0.15) is 0 Å². The molecule has 0 saturated heterocycles. The highest BCUT2D eigenvalue weighted by Crippen LogP contribution is 2.79. The second kappa shape index (κ2) is 5.11. The van der Waals surface area contributed by atoms with Crippen LogP contribution in [0.15, 0.2) is 78.4 Å². The van der Waals surface area contributed by atoms with Crippen molar-refractivity contribution < 1.29 is 0 Å². The van der Waals surface area contributed by atoms with Crippen molar-refractivity contribution in [3.63, 3.8) is 0 Å². The Kier molecular flexibility index (Phi) is 2.79. The molecule has 1 heteroatoms. The molecular weight excluding hydrogens is 384 g/mol. The third kappa shape index (κ3) is 1.71. The lowest BCUT2D eigenvalue weighted by Gasteiger charge is -2.68. The van der Waals surface area contributed by atoms with Crippen molar-refractivity contribution in [2.45, 2.75) is 31.1 Å². The van der Waals surface area contributed by atoms with Gasteiger partial charge in [0.15, 0.2) is 0 Å². The second-order valence-corrected chi connectivity index (χ2v) is 10.9. The first-order chi connectivity index (χ1) is 14.7. The summed E-state index contributed by atoms with van der Waals surface area (Å²) in [6, 6.07) is 24.6. The standard InChI is InChI=1S/C29H23Cl/c30-19-9-10-22-21(14-19)27-20(17-5-2-1-3-6-17)7-4-8-23(27)29(22)24-13-18-15-28(11-12-28)16-25(29)26(18)24/h1-10,13-14,18,25-26H,11-12,15-16H2. The number of halogens is 1. The molecule has 4 atom stereocenters. The Morgan fingerprint density at radius 3 is 2.50 bits per heavy atom. The maximum Gasteiger partial charge on any atom is 0.0461 e. The van der Waals surface area contributed by atoms with Crippen LogP contribution in [0.4, 0.5) is 0 Å². The topological polar surface area (TPSA) is 0 Å². The lowest BCUT2D eigenvalue weighted by atomic mass is 9.35. The van der Waals surface area contributed by atoms with Gasteiger partial charge in [-0.15, -0.1) is 0 Å². The summed E-state index contributed by atoms with van der Waals surface area (Å²) < 4.78 is 0. The lowest BCUT2D eigenvalue weighted by Crippen LogP contribution is -2.63. The molecule has 0 bridgehead atoms. The smallest absolute Gasteiger partial charge is 0.0461 e. The van der Waals surface area contributed by atoms with Crippen molar-refractivity contribution in [2.24, 2.45) is 23.2 Å². The van der Waals surface area contributed by atoms with Crippen LogP contribution in [-0.2, 0) is 5.41 Å². The fourth-order valence-corrected chi connectivity index (χ4v) is 8.08. The number of fused-ring (bicyclic) bond motifs is 7. The van der Waals surface area contributed by atoms with Gasteiger partial charge in [-0.25, -0.2) is 0 Å². The maximum atomic E-state index is 6.57. The van der Waals surface area contributed by atoms with E-state index in [4.69, 9.17) is 11.6 Å². The number of rotatable bonds is 1. The summed E-state index contributed by atoms with van der Waals surface area (Å²) in [5.41, 5.74) is 11.0. The van der Waals surface area contributed by atoms with E-state index >= 15 is 0 Å². The van der Waals surface area contributed by atoms with Crippen LogP contribution in [-0.4, -0.2) is 0 Å². The normalized spacial score (nSPS) is 32.6. The Morgan fingerprint density at radius 2 is 1.67 bits per heavy atom. The monoisotopic (exact) mass is 406 g/mol. The fraction of sp³-hybridized carbons (Fsp3) is 0.310. The molecule has 2 spiro atoms. The summed E-state index contributed by atoms with van der Waals surface area (Å²) in [6.45, 7) is 0. The van der Waals surface area contributed by atoms with E-state index < -0.39 is 0 Å². The zero-order chi connectivity index (χ0) is 19.7. The van der Waals surface area contributed by atoms with Crippen molar-refractivity contribution >= 4 is 11.6 Å². The third-order valence-electron chi connectivity index (χ3n) is 9.19. The summed E-state index contributed by atoms with van der Waals surface area (Å²) in [7, 11) is 0. The molecule has 3 aromatic carbocycles. The average Bonchev–Trinajstić information content (AvgIpc) is 3.44. The van der Waals surface area contributed by atoms with E-state index in [0.29, 0.717) is 5.41 Å². The molecule has 3 aromatic rings. The summed E-state index contributed by atoms with van der Waals surface area (Å²) in [5.74, 6) is 2.46. The van der Waals surface area contributed by atoms with Gasteiger partial charge in [-0.2, -0.15) is 0 Å². The highest BCUT2D eigenvalue weighted by Gasteiger charge is 2.72. The molecule has 0 radical (unpaired) electrons. The SMILES string of the molecule is Clc1ccc2c(c1)-c1c(-c3ccccc3)cccc1C21C2=CC3CC4(CC4)CC1C23. The molecule has 5 aliphatic rings. The van der Waals surface area contributed by atoms with E-state index in [1.165, 1.54) is 53.5 Å². The maximum absolute atomic E-state index is 6.57. The van der Waals surface area contributed by atoms with Crippen LogP contribution in [0.1, 0.15) is 36.8 Å². The molecule has 3 saturated carbocycles. The molecule has 30 heavy (non-hydrogen) atoms. The van der Waals surface area contributed by atoms with Crippen molar-refractivity contribution in [3.8, 4) is 22.3 Å². The van der Waals surface area contributed by atoms with Gasteiger partial charge in [-0.3, -0.25) is 0 Å². The molecule has 0 amide bonds. The molecule has 0 aliphatic heterocycles. The molecule has 0 heterocycles. The molecule has 0 nitrogen and oxygen atoms in total. The van der Waals surface area contributed by atoms with E-state index in [1.807, 2.05) is 0 Å². The van der Waals surface area contributed by atoms with Gasteiger partial charge in [-0.05, 0) is 94.4 Å². The Morgan fingerprint density at radius 1 is 0.800 bits per heavy atom. The predicted molar refractivity (Wildman–Crippen MR) is 123 cm³/mol. The average molecular weight is 407 g/mol. The largest absolute Gasteiger partial charge is 0.0843 e. The van der Waals surface area contributed by atoms with E-state index in [1.54, 1.807) is 11.1 Å². The quantitative estimate of drug-likeness (QED) is 0.364. The lowest BCUT2D eigenvalue weighted by molar-refractivity contribution is 0.00133. The molecule has 146 valence electrons. The highest BCUT2D eigenvalue weighted by atomic mass is 35.5. The van der Waals surface area contributed by atoms with Gasteiger partial charge in [0, 0.05) is 10.4 Å². The predicted octanol–water partition coefficient (Wildman–Crippen LogP) is 7.65. The van der Waals surface area contributed by atoms with E-state index in [0.717, 1.165) is 22.8 Å². The van der Waals surface area contributed by atoms with Crippen LogP contribution < -0.4 is 0 Å². The Labute approximate surface area is 182 Å². The number of hydrogen-bond donors (Lipinski definition) is 0. The van der Waals surface area contributed by atoms with Gasteiger partial charge >= 0.3 is 0 Å². The summed E-state index contributed by atoms with van der Waals surface area (Å²) in [4.78, 5) is 0. The summed E-state index contributed by atoms with van der Waals surface area (Å²) in [5, 5.41) is 0.846. The van der Waals surface area contributed by atoms with Crippen molar-refractivity contribution in [3.05, 3.63) is 94.5 Å². The van der Waals surface area contributed by atoms with Gasteiger partial charge in [0.05, 0.1) is 0 Å². The second-order valence-electron chi connectivity index (χ2n) is 10.4. The number of hydrogen-bond acceptors (Lipinski definition) is 0. The molecule has 4 unspecified atom stereocenters. The fourth-order valence-electron chi connectivity index (χ4n) is 7.91. The van der Waals surface area contributed by atoms with Crippen LogP contribution in [0.5, 0.6) is 0 Å². The molecule has 3 fully saturated rings. The first-order valence-electron chi connectivity index (χ1n) is 11.4. The minimum Gasteiger partial charge on any atom is -0.0843 e. The Bertz CT molecular complexity index is 1280. The highest BCUT2D eigenvalue weighted by molar-refractivity contribution is 6.31. The Balaban J connectivity index is 1.44. The van der Waals surface area contributed by atoms with E-state index in [2.05, 4.69) is 72.8 Å². The first-order valence-corrected chi connectivity index (χ1v) is 11.8. The van der Waals surface area contributed by atoms with Crippen molar-refractivity contribution in [1.29, 1.82) is 0 Å². The van der Waals surface area contributed by atoms with Crippen LogP contribution in [0.25, 0.3) is 22.3 Å². The van der Waals surface area contributed by atoms with E-state index in [-0.39, 0.29) is 5.41 Å². The molecule has 0 N–H and O–H groups in total. The third-order valence-corrected chi connectivity index (χ3v) is 9.42. The molecule has 0 aromatic heterocycles. The van der Waals surface area contributed by atoms with Crippen LogP contribution in [0.3, 0.4) is 0 Å². The van der Waals surface area contributed by atoms with Crippen LogP contribution in [0, 0.1) is 23.2 Å². The first kappa shape index (κ1) is 16.4.